The van der Waals surface area contributed by atoms with Crippen LogP contribution in [-0.4, -0.2) is 84.3 Å². The third kappa shape index (κ3) is 9.57. The first-order valence-corrected chi connectivity index (χ1v) is 14.0. The van der Waals surface area contributed by atoms with Crippen LogP contribution in [0.4, 0.5) is 18.0 Å². The number of alkyl halides is 3. The number of ketones is 1. The van der Waals surface area contributed by atoms with Crippen molar-refractivity contribution in [1.29, 1.82) is 0 Å². The zero-order chi connectivity index (χ0) is 30.8. The molecule has 14 heteroatoms. The van der Waals surface area contributed by atoms with E-state index >= 15 is 0 Å². The summed E-state index contributed by atoms with van der Waals surface area (Å²) in [4.78, 5) is 66.0. The first-order valence-electron chi connectivity index (χ1n) is 14.0. The minimum absolute atomic E-state index is 0.0238. The minimum atomic E-state index is -5.05. The Morgan fingerprint density at radius 3 is 2.32 bits per heavy atom. The van der Waals surface area contributed by atoms with Crippen LogP contribution >= 0.6 is 0 Å². The van der Waals surface area contributed by atoms with E-state index in [0.717, 1.165) is 12.8 Å². The molecule has 4 atom stereocenters. The molecule has 2 saturated heterocycles. The Bertz CT molecular complexity index is 1020. The predicted molar refractivity (Wildman–Crippen MR) is 139 cm³/mol. The molecule has 0 bridgehead atoms. The fourth-order valence-electron chi connectivity index (χ4n) is 5.29. The summed E-state index contributed by atoms with van der Waals surface area (Å²) in [5.41, 5.74) is -0.887. The number of hydrogen-bond acceptors (Lipinski definition) is 7. The minimum Gasteiger partial charge on any atom is -0.436 e. The van der Waals surface area contributed by atoms with Gasteiger partial charge in [0.25, 0.3) is 5.91 Å². The second-order valence-corrected chi connectivity index (χ2v) is 12.9. The van der Waals surface area contributed by atoms with Crippen LogP contribution in [0.15, 0.2) is 0 Å². The molecule has 0 aromatic rings. The molecule has 3 rings (SSSR count). The number of halogens is 3. The molecule has 0 aromatic heterocycles. The monoisotopic (exact) mass is 590 g/mol. The van der Waals surface area contributed by atoms with Crippen LogP contribution < -0.4 is 16.0 Å². The molecule has 1 saturated carbocycles. The van der Waals surface area contributed by atoms with Crippen LogP contribution in [0.5, 0.6) is 0 Å². The van der Waals surface area contributed by atoms with Gasteiger partial charge in [0.05, 0.1) is 6.04 Å². The number of hydrogen-bond donors (Lipinski definition) is 3. The van der Waals surface area contributed by atoms with Gasteiger partial charge in [0, 0.05) is 24.5 Å². The van der Waals surface area contributed by atoms with Crippen molar-refractivity contribution in [3.63, 3.8) is 0 Å². The Labute approximate surface area is 237 Å². The highest BCUT2D eigenvalue weighted by atomic mass is 19.4. The summed E-state index contributed by atoms with van der Waals surface area (Å²) in [6, 6.07) is -2.45. The van der Waals surface area contributed by atoms with E-state index < -0.39 is 66.3 Å². The van der Waals surface area contributed by atoms with Crippen LogP contribution in [0.1, 0.15) is 73.1 Å². The van der Waals surface area contributed by atoms with E-state index in [1.165, 1.54) is 4.90 Å². The average molecular weight is 591 g/mol. The maximum Gasteiger partial charge on any atom is 0.522 e. The molecule has 232 valence electrons. The van der Waals surface area contributed by atoms with Gasteiger partial charge in [0.1, 0.15) is 12.6 Å². The number of carbonyl (C=O) groups excluding carboxylic acids is 5. The number of rotatable bonds is 11. The third-order valence-electron chi connectivity index (χ3n) is 7.50. The number of carbonyl (C=O) groups is 5. The molecule has 1 spiro atoms. The maximum absolute atomic E-state index is 13.7. The van der Waals surface area contributed by atoms with Crippen LogP contribution in [0, 0.1) is 17.3 Å². The average Bonchev–Trinajstić information content (AvgIpc) is 3.28. The van der Waals surface area contributed by atoms with Gasteiger partial charge >= 0.3 is 12.5 Å². The lowest BCUT2D eigenvalue weighted by molar-refractivity contribution is -0.321. The maximum atomic E-state index is 13.7. The van der Waals surface area contributed by atoms with E-state index in [2.05, 4.69) is 20.7 Å². The first-order chi connectivity index (χ1) is 18.9. The number of nitrogens with zero attached hydrogens (tertiary/aromatic N) is 1. The highest BCUT2D eigenvalue weighted by molar-refractivity contribution is 5.95. The molecular formula is C27H41F3N4O7. The SMILES string of the molecule is CC(C)C[C@@H](OC(=O)NC(C)(C)C)C(=O)N1CC2(CC2)C[C@H]1C(=O)NC(C[C@@H]1CCNC1=O)C(=O)COC(F)(F)F. The summed E-state index contributed by atoms with van der Waals surface area (Å²) >= 11 is 0. The quantitative estimate of drug-likeness (QED) is 0.335. The van der Waals surface area contributed by atoms with Gasteiger partial charge in [-0.15, -0.1) is 13.2 Å². The summed E-state index contributed by atoms with van der Waals surface area (Å²) in [5, 5.41) is 7.77. The smallest absolute Gasteiger partial charge is 0.436 e. The van der Waals surface area contributed by atoms with E-state index in [-0.39, 0.29) is 36.6 Å². The van der Waals surface area contributed by atoms with Gasteiger partial charge in [-0.2, -0.15) is 0 Å². The first kappa shape index (κ1) is 32.6. The fourth-order valence-corrected chi connectivity index (χ4v) is 5.29. The molecule has 0 radical (unpaired) electrons. The van der Waals surface area contributed by atoms with E-state index in [0.29, 0.717) is 19.4 Å². The summed E-state index contributed by atoms with van der Waals surface area (Å²) in [6.45, 7) is 8.29. The summed E-state index contributed by atoms with van der Waals surface area (Å²) in [7, 11) is 0. The highest BCUT2D eigenvalue weighted by Crippen LogP contribution is 2.55. The molecule has 3 fully saturated rings. The largest absolute Gasteiger partial charge is 0.522 e. The Hall–Kier alpha value is -2.90. The molecule has 2 aliphatic heterocycles. The fraction of sp³-hybridized carbons (Fsp3) is 0.815. The Morgan fingerprint density at radius 2 is 1.80 bits per heavy atom. The zero-order valence-corrected chi connectivity index (χ0v) is 24.2. The van der Waals surface area contributed by atoms with Crippen molar-refractivity contribution in [1.82, 2.24) is 20.9 Å². The summed E-state index contributed by atoms with van der Waals surface area (Å²) in [6.07, 6.45) is -4.75. The number of amides is 4. The van der Waals surface area contributed by atoms with Crippen molar-refractivity contribution in [2.75, 3.05) is 19.7 Å². The van der Waals surface area contributed by atoms with Crippen molar-refractivity contribution in [2.45, 2.75) is 103 Å². The van der Waals surface area contributed by atoms with Crippen molar-refractivity contribution < 1.29 is 46.6 Å². The van der Waals surface area contributed by atoms with Gasteiger partial charge in [0.2, 0.25) is 11.8 Å². The van der Waals surface area contributed by atoms with E-state index in [9.17, 15) is 37.1 Å². The van der Waals surface area contributed by atoms with Crippen molar-refractivity contribution >= 4 is 29.6 Å². The number of nitrogens with one attached hydrogen (secondary N) is 3. The highest BCUT2D eigenvalue weighted by Gasteiger charge is 2.56. The molecule has 11 nitrogen and oxygen atoms in total. The molecular weight excluding hydrogens is 549 g/mol. The van der Waals surface area contributed by atoms with Gasteiger partial charge in [-0.1, -0.05) is 13.8 Å². The van der Waals surface area contributed by atoms with Gasteiger partial charge < -0.3 is 25.6 Å². The predicted octanol–water partition coefficient (Wildman–Crippen LogP) is 2.42. The molecule has 0 aromatic carbocycles. The lowest BCUT2D eigenvalue weighted by Crippen LogP contribution is -2.54. The molecule has 1 aliphatic carbocycles. The molecule has 2 heterocycles. The standard InChI is InChI=1S/C27H41F3N4O7/c1-15(2)10-20(41-24(39)33-25(3,4)5)23(38)34-14-26(7-8-26)12-18(34)22(37)32-17(11-16-6-9-31-21(16)36)19(35)13-40-27(28,29)30/h15-18,20H,6-14H2,1-5H3,(H,31,36)(H,32,37)(H,33,39)/t16-,17?,18-,20+/m0/s1. The lowest BCUT2D eigenvalue weighted by atomic mass is 9.95. The van der Waals surface area contributed by atoms with Gasteiger partial charge in [-0.05, 0) is 70.6 Å². The zero-order valence-electron chi connectivity index (χ0n) is 24.2. The molecule has 3 aliphatic rings. The van der Waals surface area contributed by atoms with E-state index in [1.807, 2.05) is 13.8 Å². The Kier molecular flexibility index (Phi) is 9.97. The molecule has 41 heavy (non-hydrogen) atoms. The van der Waals surface area contributed by atoms with Crippen LogP contribution in [0.3, 0.4) is 0 Å². The molecule has 1 unspecified atom stereocenters. The number of likely N-dealkylation sites (tertiary alicyclic amines) is 1. The van der Waals surface area contributed by atoms with Gasteiger partial charge in [-0.3, -0.25) is 23.9 Å². The Balaban J connectivity index is 1.78. The second kappa shape index (κ2) is 12.5. The lowest BCUT2D eigenvalue weighted by Gasteiger charge is -2.31. The van der Waals surface area contributed by atoms with E-state index in [4.69, 9.17) is 4.74 Å². The second-order valence-electron chi connectivity index (χ2n) is 12.9. The Morgan fingerprint density at radius 1 is 1.15 bits per heavy atom. The topological polar surface area (TPSA) is 143 Å². The number of ether oxygens (including phenoxy) is 2. The number of alkyl carbamates (subject to hydrolysis) is 1. The van der Waals surface area contributed by atoms with E-state index in [1.54, 1.807) is 20.8 Å². The van der Waals surface area contributed by atoms with Crippen molar-refractivity contribution in [3.05, 3.63) is 0 Å². The van der Waals surface area contributed by atoms with Crippen LogP contribution in [0.25, 0.3) is 0 Å². The normalized spacial score (nSPS) is 23.2. The molecule has 3 N–H and O–H groups in total. The van der Waals surface area contributed by atoms with Crippen LogP contribution in [-0.2, 0) is 28.7 Å². The van der Waals surface area contributed by atoms with Gasteiger partial charge in [-0.25, -0.2) is 4.79 Å². The third-order valence-corrected chi connectivity index (χ3v) is 7.50. The summed E-state index contributed by atoms with van der Waals surface area (Å²) < 4.78 is 47.1. The summed E-state index contributed by atoms with van der Waals surface area (Å²) in [5.74, 6) is -3.35. The van der Waals surface area contributed by atoms with Gasteiger partial charge in [0.15, 0.2) is 11.9 Å². The molecule has 4 amide bonds. The van der Waals surface area contributed by atoms with Crippen molar-refractivity contribution in [3.8, 4) is 0 Å². The van der Waals surface area contributed by atoms with Crippen molar-refractivity contribution in [2.24, 2.45) is 17.3 Å². The van der Waals surface area contributed by atoms with Crippen LogP contribution in [0.2, 0.25) is 0 Å². The number of Topliss-reactive ketones (excluding diaryl/α,β-unsaturated/α-hetero) is 1.